The van der Waals surface area contributed by atoms with E-state index in [9.17, 15) is 14.4 Å². The fourth-order valence-electron chi connectivity index (χ4n) is 5.40. The highest BCUT2D eigenvalue weighted by molar-refractivity contribution is 6.11. The lowest BCUT2D eigenvalue weighted by molar-refractivity contribution is -0.129. The fraction of sp³-hybridized carbons (Fsp3) is 0.468. The number of carbonyl (C=O) groups is 2. The Balaban J connectivity index is 0.000000758. The summed E-state index contributed by atoms with van der Waals surface area (Å²) in [6, 6.07) is 12.9. The van der Waals surface area contributed by atoms with Gasteiger partial charge in [0.1, 0.15) is 52.0 Å². The maximum absolute atomic E-state index is 11.4. The van der Waals surface area contributed by atoms with Crippen molar-refractivity contribution in [2.75, 3.05) is 28.4 Å². The Morgan fingerprint density at radius 2 is 1.30 bits per heavy atom. The van der Waals surface area contributed by atoms with Gasteiger partial charge in [0.2, 0.25) is 11.5 Å². The van der Waals surface area contributed by atoms with Crippen LogP contribution in [0.15, 0.2) is 80.3 Å². The van der Waals surface area contributed by atoms with Gasteiger partial charge in [0.25, 0.3) is 0 Å². The molecular weight excluding hydrogens is 781 g/mol. The average molecular weight is 849 g/mol. The van der Waals surface area contributed by atoms with Crippen LogP contribution in [0, 0.1) is 13.8 Å². The van der Waals surface area contributed by atoms with E-state index in [2.05, 4.69) is 19.9 Å². The Morgan fingerprint density at radius 1 is 0.721 bits per heavy atom. The largest absolute Gasteiger partial charge is 0.497 e. The van der Waals surface area contributed by atoms with Crippen molar-refractivity contribution in [1.29, 1.82) is 0 Å². The second-order valence-corrected chi connectivity index (χ2v) is 12.2. The number of methoxy groups -OCH3 is 4. The molecule has 0 radical (unpaired) electrons. The van der Waals surface area contributed by atoms with Crippen LogP contribution in [0.4, 0.5) is 5.69 Å². The van der Waals surface area contributed by atoms with Gasteiger partial charge in [-0.1, -0.05) is 62.3 Å². The number of ketones is 2. The van der Waals surface area contributed by atoms with Gasteiger partial charge in [-0.3, -0.25) is 9.59 Å². The first kappa shape index (κ1) is 55.0. The molecule has 0 saturated heterocycles. The minimum absolute atomic E-state index is 0.0697. The first-order valence-electron chi connectivity index (χ1n) is 20.7. The van der Waals surface area contributed by atoms with E-state index in [4.69, 9.17) is 32.8 Å². The third-order valence-electron chi connectivity index (χ3n) is 7.97. The monoisotopic (exact) mass is 848 g/mol. The molecule has 14 heteroatoms. The molecule has 1 atom stereocenters. The van der Waals surface area contributed by atoms with Crippen LogP contribution in [0.2, 0.25) is 0 Å². The van der Waals surface area contributed by atoms with Crippen LogP contribution in [-0.4, -0.2) is 72.4 Å². The van der Waals surface area contributed by atoms with E-state index in [0.29, 0.717) is 52.7 Å². The number of benzene rings is 2. The SMILES string of the molecule is CC.CC.CC.CC.CCc1cc(=O)oc2cc(OC)ccc12.COC1=C(C)OC(C)(C)C1=O.COc1ccc2c(c1)OC1CC(=O)C=CC1=N2.COc1nc(C)nc(C)n1. The van der Waals surface area contributed by atoms with Gasteiger partial charge in [-0.15, -0.1) is 0 Å². The van der Waals surface area contributed by atoms with Crippen molar-refractivity contribution in [1.82, 2.24) is 15.0 Å². The topological polar surface area (TPSA) is 171 Å². The van der Waals surface area contributed by atoms with Crippen LogP contribution < -0.4 is 24.6 Å². The number of fused-ring (bicyclic) bond motifs is 3. The number of ether oxygens (including phenoxy) is 6. The standard InChI is InChI=1S/C13H11NO3.C12H12O3.C8H12O3.C6H9N3O.4C2H6/c1-16-9-3-5-11-13(7-9)17-12-6-8(15)2-4-10(12)14-11;1-3-8-6-12(13)15-11-7-9(14-2)4-5-10(8)11;1-5-6(10-4)7(9)8(2,3)11-5;1-4-7-5(2)9-6(8-4)10-3;4*1-2/h2-5,7,12H,6H2,1H3;4-7H,3H2,1-2H3;1-4H3;1-3H3;4*1-2H3. The zero-order valence-corrected chi connectivity index (χ0v) is 39.6. The maximum Gasteiger partial charge on any atom is 0.336 e. The van der Waals surface area contributed by atoms with E-state index in [-0.39, 0.29) is 23.3 Å². The summed E-state index contributed by atoms with van der Waals surface area (Å²) >= 11 is 0. The quantitative estimate of drug-likeness (QED) is 0.174. The summed E-state index contributed by atoms with van der Waals surface area (Å²) in [5, 5.41) is 0.970. The normalized spacial score (nSPS) is 14.4. The summed E-state index contributed by atoms with van der Waals surface area (Å²) < 4.78 is 36.0. The Bertz CT molecular complexity index is 2120. The summed E-state index contributed by atoms with van der Waals surface area (Å²) in [6.45, 7) is 26.8. The summed E-state index contributed by atoms with van der Waals surface area (Å²) in [7, 11) is 6.20. The predicted molar refractivity (Wildman–Crippen MR) is 243 cm³/mol. The van der Waals surface area contributed by atoms with Crippen molar-refractivity contribution in [3.8, 4) is 23.3 Å². The molecule has 1 unspecified atom stereocenters. The number of carbonyl (C=O) groups excluding carboxylic acids is 2. The molecule has 2 aliphatic heterocycles. The van der Waals surface area contributed by atoms with Crippen LogP contribution in [-0.2, 0) is 25.5 Å². The lowest BCUT2D eigenvalue weighted by atomic mass is 10.00. The molecule has 336 valence electrons. The summed E-state index contributed by atoms with van der Waals surface area (Å²) in [4.78, 5) is 50.2. The Kier molecular flexibility index (Phi) is 25.6. The number of aliphatic imine (C=N–C) groups is 1. The highest BCUT2D eigenvalue weighted by Crippen LogP contribution is 2.37. The molecule has 0 fully saturated rings. The van der Waals surface area contributed by atoms with E-state index < -0.39 is 5.60 Å². The van der Waals surface area contributed by atoms with Crippen molar-refractivity contribution >= 4 is 33.9 Å². The first-order valence-corrected chi connectivity index (χ1v) is 20.7. The number of allylic oxidation sites excluding steroid dienone is 2. The molecule has 4 aromatic rings. The highest BCUT2D eigenvalue weighted by atomic mass is 16.6. The molecule has 7 rings (SSSR count). The van der Waals surface area contributed by atoms with Gasteiger partial charge in [-0.05, 0) is 83.0 Å². The molecular formula is C47H68N4O10. The molecule has 0 spiro atoms. The maximum atomic E-state index is 11.4. The first-order chi connectivity index (χ1) is 29.2. The number of nitrogens with zero attached hydrogens (tertiary/aromatic N) is 4. The van der Waals surface area contributed by atoms with Crippen molar-refractivity contribution < 1.29 is 42.4 Å². The number of aromatic nitrogens is 3. The third-order valence-corrected chi connectivity index (χ3v) is 7.97. The van der Waals surface area contributed by atoms with Crippen LogP contribution in [0.3, 0.4) is 0 Å². The van der Waals surface area contributed by atoms with Gasteiger partial charge in [-0.2, -0.15) is 9.97 Å². The molecule has 2 aromatic carbocycles. The molecule has 61 heavy (non-hydrogen) atoms. The lowest BCUT2D eigenvalue weighted by Gasteiger charge is -2.26. The van der Waals surface area contributed by atoms with Gasteiger partial charge in [0, 0.05) is 23.6 Å². The van der Waals surface area contributed by atoms with Crippen molar-refractivity contribution in [3.63, 3.8) is 0 Å². The van der Waals surface area contributed by atoms with Crippen LogP contribution >= 0.6 is 0 Å². The molecule has 1 aliphatic carbocycles. The predicted octanol–water partition coefficient (Wildman–Crippen LogP) is 10.3. The number of hydrogen-bond donors (Lipinski definition) is 0. The zero-order valence-electron chi connectivity index (χ0n) is 39.6. The summed E-state index contributed by atoms with van der Waals surface area (Å²) in [5.41, 5.74) is 2.11. The molecule has 14 nitrogen and oxygen atoms in total. The average Bonchev–Trinajstić information content (AvgIpc) is 3.48. The van der Waals surface area contributed by atoms with Crippen molar-refractivity contribution in [2.45, 2.75) is 121 Å². The van der Waals surface area contributed by atoms with Crippen molar-refractivity contribution in [3.05, 3.63) is 93.8 Å². The molecule has 4 heterocycles. The minimum atomic E-state index is -0.741. The summed E-state index contributed by atoms with van der Waals surface area (Å²) in [6.07, 6.45) is 4.18. The fourth-order valence-corrected chi connectivity index (χ4v) is 5.40. The number of hydrogen-bond acceptors (Lipinski definition) is 14. The van der Waals surface area contributed by atoms with E-state index in [0.717, 1.165) is 34.5 Å². The Labute approximate surface area is 362 Å². The molecule has 3 aliphatic rings. The molecule has 0 bridgehead atoms. The van der Waals surface area contributed by atoms with Gasteiger partial charge in [0.05, 0.1) is 40.6 Å². The molecule has 0 amide bonds. The van der Waals surface area contributed by atoms with Gasteiger partial charge < -0.3 is 32.8 Å². The van der Waals surface area contributed by atoms with E-state index >= 15 is 0 Å². The molecule has 2 aromatic heterocycles. The van der Waals surface area contributed by atoms with Crippen molar-refractivity contribution in [2.24, 2.45) is 4.99 Å². The zero-order chi connectivity index (χ0) is 46.9. The van der Waals surface area contributed by atoms with Gasteiger partial charge >= 0.3 is 11.6 Å². The van der Waals surface area contributed by atoms with E-state index in [1.54, 1.807) is 73.1 Å². The van der Waals surface area contributed by atoms with Gasteiger partial charge in [0.15, 0.2) is 11.4 Å². The van der Waals surface area contributed by atoms with Crippen LogP contribution in [0.5, 0.6) is 23.3 Å². The van der Waals surface area contributed by atoms with Gasteiger partial charge in [-0.25, -0.2) is 14.8 Å². The third kappa shape index (κ3) is 16.5. The Morgan fingerprint density at radius 3 is 1.79 bits per heavy atom. The summed E-state index contributed by atoms with van der Waals surface area (Å²) in [5.74, 6) is 4.35. The lowest BCUT2D eigenvalue weighted by Crippen LogP contribution is -2.33. The Hall–Kier alpha value is -6.05. The minimum Gasteiger partial charge on any atom is -0.497 e. The molecule has 0 saturated carbocycles. The number of aryl methyl sites for hydroxylation is 3. The molecule has 0 N–H and O–H groups in total. The second kappa shape index (κ2) is 28.4. The number of Topliss-reactive ketones (excluding diaryl/α,β-unsaturated/α-hetero) is 1. The highest BCUT2D eigenvalue weighted by Gasteiger charge is 2.41. The van der Waals surface area contributed by atoms with E-state index in [1.807, 2.05) is 86.6 Å². The van der Waals surface area contributed by atoms with Crippen LogP contribution in [0.1, 0.15) is 107 Å². The van der Waals surface area contributed by atoms with E-state index in [1.165, 1.54) is 20.3 Å². The second-order valence-electron chi connectivity index (χ2n) is 12.2. The number of rotatable bonds is 5. The smallest absolute Gasteiger partial charge is 0.336 e. The van der Waals surface area contributed by atoms with Crippen LogP contribution in [0.25, 0.3) is 11.0 Å².